The number of rotatable bonds is 14. The zero-order chi connectivity index (χ0) is 26.8. The van der Waals surface area contributed by atoms with Crippen LogP contribution in [0.4, 0.5) is 0 Å². The molecule has 1 heterocycles. The molecular formula is C28H37N3O6. The second kappa shape index (κ2) is 13.9. The molecule has 0 aromatic heterocycles. The Kier molecular flexibility index (Phi) is 10.6. The maximum Gasteiger partial charge on any atom is 0.303 e. The Balaban J connectivity index is 1.89. The van der Waals surface area contributed by atoms with Gasteiger partial charge >= 0.3 is 5.97 Å². The lowest BCUT2D eigenvalue weighted by atomic mass is 9.80. The number of unbranched alkanes of at least 4 members (excludes halogenated alkanes) is 1. The van der Waals surface area contributed by atoms with Gasteiger partial charge in [-0.05, 0) is 29.9 Å². The summed E-state index contributed by atoms with van der Waals surface area (Å²) in [7, 11) is 0. The molecule has 1 aliphatic heterocycles. The van der Waals surface area contributed by atoms with Crippen molar-refractivity contribution in [1.82, 2.24) is 10.6 Å². The number of carboxylic acids is 1. The number of nitrogens with zero attached hydrogens (tertiary/aromatic N) is 1. The second-order valence-corrected chi connectivity index (χ2v) is 9.67. The summed E-state index contributed by atoms with van der Waals surface area (Å²) in [5, 5.41) is 27.5. The van der Waals surface area contributed by atoms with E-state index in [1.807, 2.05) is 74.5 Å². The Morgan fingerprint density at radius 1 is 1.11 bits per heavy atom. The first-order valence-corrected chi connectivity index (χ1v) is 12.9. The number of hydrogen-bond donors (Lipinski definition) is 3. The van der Waals surface area contributed by atoms with Gasteiger partial charge in [0.1, 0.15) is 6.04 Å². The lowest BCUT2D eigenvalue weighted by molar-refractivity contribution is -0.535. The van der Waals surface area contributed by atoms with Crippen LogP contribution in [0.15, 0.2) is 60.7 Å². The molecule has 0 radical (unpaired) electrons. The molecule has 3 N–H and O–H groups in total. The molecule has 0 aliphatic carbocycles. The number of ether oxygens (including phenoxy) is 1. The zero-order valence-corrected chi connectivity index (χ0v) is 21.4. The summed E-state index contributed by atoms with van der Waals surface area (Å²) in [6.07, 6.45) is 1.18. The molecule has 0 saturated carbocycles. The molecule has 2 aromatic rings. The molecule has 1 fully saturated rings. The van der Waals surface area contributed by atoms with E-state index in [-0.39, 0.29) is 29.8 Å². The fourth-order valence-corrected chi connectivity index (χ4v) is 5.05. The standard InChI is InChI=1S/C28H37N3O6/c1-3-19(2)27(37-18-20-12-6-4-7-13-20)23-25(28(34)29-17-11-10-16-22(32)33)30-24(26(23)31(35)36)21-14-8-5-9-15-21/h4-9,12-15,19,23-27,30H,3,10-11,16-18H2,1-2H3,(H,29,34)(H,32,33)/t19-,23+,24-,25-,26-,27+/m0/s1. The number of carboxylic acid groups (broad SMARTS) is 1. The number of hydrogen-bond acceptors (Lipinski definition) is 6. The molecule has 200 valence electrons. The van der Waals surface area contributed by atoms with Gasteiger partial charge in [0.25, 0.3) is 0 Å². The van der Waals surface area contributed by atoms with Gasteiger partial charge in [-0.1, -0.05) is 80.9 Å². The molecule has 0 unspecified atom stereocenters. The van der Waals surface area contributed by atoms with Crippen molar-refractivity contribution in [3.05, 3.63) is 81.9 Å². The highest BCUT2D eigenvalue weighted by Crippen LogP contribution is 2.39. The van der Waals surface area contributed by atoms with Crippen molar-refractivity contribution in [1.29, 1.82) is 0 Å². The average molecular weight is 512 g/mol. The summed E-state index contributed by atoms with van der Waals surface area (Å²) >= 11 is 0. The lowest BCUT2D eigenvalue weighted by Gasteiger charge is -2.32. The third-order valence-corrected chi connectivity index (χ3v) is 7.15. The minimum absolute atomic E-state index is 0.0293. The predicted octanol–water partition coefficient (Wildman–Crippen LogP) is 3.96. The Labute approximate surface area is 217 Å². The van der Waals surface area contributed by atoms with Crippen LogP contribution in [0, 0.1) is 22.0 Å². The molecule has 0 spiro atoms. The molecule has 9 heteroatoms. The van der Waals surface area contributed by atoms with Crippen molar-refractivity contribution < 1.29 is 24.4 Å². The summed E-state index contributed by atoms with van der Waals surface area (Å²) in [4.78, 5) is 36.5. The van der Waals surface area contributed by atoms with Crippen molar-refractivity contribution in [2.75, 3.05) is 6.54 Å². The third-order valence-electron chi connectivity index (χ3n) is 7.15. The molecule has 1 saturated heterocycles. The maximum atomic E-state index is 13.4. The summed E-state index contributed by atoms with van der Waals surface area (Å²) in [5.74, 6) is -1.95. The van der Waals surface area contributed by atoms with Crippen LogP contribution in [0.2, 0.25) is 0 Å². The van der Waals surface area contributed by atoms with Crippen molar-refractivity contribution >= 4 is 11.9 Å². The van der Waals surface area contributed by atoms with Crippen LogP contribution >= 0.6 is 0 Å². The maximum absolute atomic E-state index is 13.4. The van der Waals surface area contributed by atoms with Gasteiger partial charge in [0.2, 0.25) is 11.9 Å². The van der Waals surface area contributed by atoms with Crippen molar-refractivity contribution in [2.45, 2.75) is 70.4 Å². The Hall–Kier alpha value is -3.30. The van der Waals surface area contributed by atoms with Crippen LogP contribution in [-0.2, 0) is 20.9 Å². The largest absolute Gasteiger partial charge is 0.481 e. The highest BCUT2D eigenvalue weighted by Gasteiger charge is 2.57. The summed E-state index contributed by atoms with van der Waals surface area (Å²) in [6, 6.07) is 16.3. The lowest BCUT2D eigenvalue weighted by Crippen LogP contribution is -2.51. The molecular weight excluding hydrogens is 474 g/mol. The van der Waals surface area contributed by atoms with Crippen LogP contribution in [0.5, 0.6) is 0 Å². The summed E-state index contributed by atoms with van der Waals surface area (Å²) < 4.78 is 6.39. The van der Waals surface area contributed by atoms with Crippen LogP contribution in [0.1, 0.15) is 56.7 Å². The van der Waals surface area contributed by atoms with E-state index in [9.17, 15) is 19.7 Å². The first kappa shape index (κ1) is 28.3. The Morgan fingerprint density at radius 3 is 2.35 bits per heavy atom. The monoisotopic (exact) mass is 511 g/mol. The van der Waals surface area contributed by atoms with E-state index in [1.165, 1.54) is 0 Å². The van der Waals surface area contributed by atoms with Crippen molar-refractivity contribution in [2.24, 2.45) is 11.8 Å². The van der Waals surface area contributed by atoms with E-state index in [0.29, 0.717) is 19.4 Å². The number of benzene rings is 2. The number of nitrogens with one attached hydrogen (secondary N) is 2. The van der Waals surface area contributed by atoms with Gasteiger partial charge in [0.15, 0.2) is 0 Å². The fraction of sp³-hybridized carbons (Fsp3) is 0.500. The highest BCUT2D eigenvalue weighted by atomic mass is 16.6. The number of carbonyl (C=O) groups excluding carboxylic acids is 1. The first-order valence-electron chi connectivity index (χ1n) is 12.9. The molecule has 9 nitrogen and oxygen atoms in total. The minimum atomic E-state index is -1.07. The van der Waals surface area contributed by atoms with Gasteiger partial charge in [0.05, 0.1) is 24.7 Å². The van der Waals surface area contributed by atoms with Gasteiger partial charge in [0, 0.05) is 17.9 Å². The molecule has 6 atom stereocenters. The quantitative estimate of drug-likeness (QED) is 0.199. The van der Waals surface area contributed by atoms with Gasteiger partial charge in [-0.3, -0.25) is 25.0 Å². The van der Waals surface area contributed by atoms with E-state index < -0.39 is 36.1 Å². The van der Waals surface area contributed by atoms with E-state index in [2.05, 4.69) is 10.6 Å². The Bertz CT molecular complexity index is 1020. The first-order chi connectivity index (χ1) is 17.8. The highest BCUT2D eigenvalue weighted by molar-refractivity contribution is 5.83. The van der Waals surface area contributed by atoms with Gasteiger partial charge < -0.3 is 15.2 Å². The smallest absolute Gasteiger partial charge is 0.303 e. The number of amides is 1. The molecule has 37 heavy (non-hydrogen) atoms. The third kappa shape index (κ3) is 7.60. The summed E-state index contributed by atoms with van der Waals surface area (Å²) in [5.41, 5.74) is 1.70. The minimum Gasteiger partial charge on any atom is -0.481 e. The van der Waals surface area contributed by atoms with Crippen molar-refractivity contribution in [3.8, 4) is 0 Å². The summed E-state index contributed by atoms with van der Waals surface area (Å²) in [6.45, 7) is 4.61. The van der Waals surface area contributed by atoms with E-state index in [0.717, 1.165) is 17.5 Å². The molecule has 1 aliphatic rings. The van der Waals surface area contributed by atoms with E-state index >= 15 is 0 Å². The number of aliphatic carboxylic acids is 1. The van der Waals surface area contributed by atoms with Crippen LogP contribution in [0.25, 0.3) is 0 Å². The second-order valence-electron chi connectivity index (χ2n) is 9.67. The van der Waals surface area contributed by atoms with E-state index in [1.54, 1.807) is 0 Å². The number of carbonyl (C=O) groups is 2. The van der Waals surface area contributed by atoms with E-state index in [4.69, 9.17) is 9.84 Å². The molecule has 3 rings (SSSR count). The van der Waals surface area contributed by atoms with Crippen LogP contribution in [-0.4, -0.2) is 46.6 Å². The average Bonchev–Trinajstić information content (AvgIpc) is 3.30. The predicted molar refractivity (Wildman–Crippen MR) is 139 cm³/mol. The normalized spacial score (nSPS) is 22.8. The van der Waals surface area contributed by atoms with Gasteiger partial charge in [-0.15, -0.1) is 0 Å². The van der Waals surface area contributed by atoms with Crippen LogP contribution in [0.3, 0.4) is 0 Å². The number of nitro groups is 1. The Morgan fingerprint density at radius 2 is 1.76 bits per heavy atom. The SMILES string of the molecule is CC[C@H](C)[C@@H](OCc1ccccc1)[C@H]1[C@H]([N+](=O)[O-])[C@H](c2ccccc2)N[C@@H]1C(=O)NCCCCC(=O)O. The zero-order valence-electron chi connectivity index (χ0n) is 21.4. The molecule has 2 aromatic carbocycles. The molecule has 1 amide bonds. The van der Waals surface area contributed by atoms with Gasteiger partial charge in [-0.2, -0.15) is 0 Å². The van der Waals surface area contributed by atoms with Crippen molar-refractivity contribution in [3.63, 3.8) is 0 Å². The topological polar surface area (TPSA) is 131 Å². The van der Waals surface area contributed by atoms with Gasteiger partial charge in [-0.25, -0.2) is 0 Å². The molecule has 0 bridgehead atoms. The van der Waals surface area contributed by atoms with Crippen LogP contribution < -0.4 is 10.6 Å². The fourth-order valence-electron chi connectivity index (χ4n) is 5.05.